The molecule has 0 saturated carbocycles. The highest BCUT2D eigenvalue weighted by Gasteiger charge is 2.29. The molecule has 0 aliphatic heterocycles. The van der Waals surface area contributed by atoms with Gasteiger partial charge in [0.05, 0.1) is 22.6 Å². The number of nitrogens with zero attached hydrogens (tertiary/aromatic N) is 3. The number of carbonyl (C=O) groups is 1. The summed E-state index contributed by atoms with van der Waals surface area (Å²) in [6.45, 7) is 2.94. The third kappa shape index (κ3) is 6.55. The van der Waals surface area contributed by atoms with Gasteiger partial charge in [-0.1, -0.05) is 24.3 Å². The fourth-order valence-corrected chi connectivity index (χ4v) is 6.14. The predicted molar refractivity (Wildman–Crippen MR) is 151 cm³/mol. The lowest BCUT2D eigenvalue weighted by Gasteiger charge is -2.26. The number of anilines is 3. The summed E-state index contributed by atoms with van der Waals surface area (Å²) in [5.41, 5.74) is 1.83. The van der Waals surface area contributed by atoms with E-state index < -0.39 is 32.5 Å². The molecule has 0 aliphatic carbocycles. The Balaban J connectivity index is 1.57. The normalized spacial score (nSPS) is 11.5. The first-order valence-corrected chi connectivity index (χ1v) is 14.9. The number of carbonyl (C=O) groups excluding carboxylic acids is 1. The van der Waals surface area contributed by atoms with Crippen molar-refractivity contribution in [3.63, 3.8) is 0 Å². The van der Waals surface area contributed by atoms with Crippen LogP contribution < -0.4 is 19.1 Å². The smallest absolute Gasteiger partial charge is 0.264 e. The van der Waals surface area contributed by atoms with Crippen LogP contribution in [0.15, 0.2) is 94.9 Å². The molecule has 40 heavy (non-hydrogen) atoms. The van der Waals surface area contributed by atoms with Gasteiger partial charge in [0.2, 0.25) is 11.9 Å². The third-order valence-corrected chi connectivity index (χ3v) is 8.81. The van der Waals surface area contributed by atoms with Gasteiger partial charge in [0, 0.05) is 17.6 Å². The highest BCUT2D eigenvalue weighted by atomic mass is 32.2. The van der Waals surface area contributed by atoms with Crippen LogP contribution in [0, 0.1) is 13.8 Å². The number of ether oxygens (including phenoxy) is 1. The van der Waals surface area contributed by atoms with Crippen LogP contribution in [0.25, 0.3) is 0 Å². The molecule has 0 atom stereocenters. The summed E-state index contributed by atoms with van der Waals surface area (Å²) in [7, 11) is -6.72. The quantitative estimate of drug-likeness (QED) is 0.288. The molecule has 0 fully saturated rings. The minimum atomic E-state index is -4.16. The molecule has 0 saturated heterocycles. The number of sulfonamides is 2. The van der Waals surface area contributed by atoms with Gasteiger partial charge < -0.3 is 10.1 Å². The fraction of sp³-hybridized carbons (Fsp3) is 0.148. The van der Waals surface area contributed by atoms with E-state index in [0.717, 1.165) is 9.87 Å². The SMILES string of the molecule is COc1ccc(C)cc1N(CC(=O)Nc1ccc(S(=O)(=O)Nc2nccc(C)n2)cc1)S(=O)(=O)c1ccccc1. The molecule has 1 amide bonds. The maximum Gasteiger partial charge on any atom is 0.264 e. The molecule has 0 radical (unpaired) electrons. The largest absolute Gasteiger partial charge is 0.495 e. The van der Waals surface area contributed by atoms with Crippen molar-refractivity contribution >= 4 is 43.3 Å². The van der Waals surface area contributed by atoms with E-state index in [9.17, 15) is 21.6 Å². The lowest BCUT2D eigenvalue weighted by atomic mass is 10.2. The first kappa shape index (κ1) is 28.5. The minimum Gasteiger partial charge on any atom is -0.495 e. The lowest BCUT2D eigenvalue weighted by Crippen LogP contribution is -2.38. The van der Waals surface area contributed by atoms with Crippen LogP contribution in [0.3, 0.4) is 0 Å². The molecule has 13 heteroatoms. The van der Waals surface area contributed by atoms with Crippen LogP contribution in [-0.2, 0) is 24.8 Å². The van der Waals surface area contributed by atoms with E-state index in [1.165, 1.54) is 49.7 Å². The summed E-state index contributed by atoms with van der Waals surface area (Å²) in [5, 5.41) is 2.63. The van der Waals surface area contributed by atoms with Gasteiger partial charge >= 0.3 is 0 Å². The predicted octanol–water partition coefficient (Wildman–Crippen LogP) is 3.74. The average Bonchev–Trinajstić information content (AvgIpc) is 2.92. The number of hydrogen-bond acceptors (Lipinski definition) is 8. The lowest BCUT2D eigenvalue weighted by molar-refractivity contribution is -0.114. The van der Waals surface area contributed by atoms with Crippen molar-refractivity contribution in [1.29, 1.82) is 0 Å². The van der Waals surface area contributed by atoms with E-state index in [2.05, 4.69) is 20.0 Å². The van der Waals surface area contributed by atoms with Crippen molar-refractivity contribution in [2.24, 2.45) is 0 Å². The van der Waals surface area contributed by atoms with E-state index in [-0.39, 0.29) is 32.9 Å². The zero-order valence-electron chi connectivity index (χ0n) is 21.9. The Bertz CT molecular complexity index is 1730. The standard InChI is InChI=1S/C27H27N5O6S2/c1-19-9-14-25(38-3)24(17-19)32(40(36,37)23-7-5-4-6-8-23)18-26(33)30-21-10-12-22(13-11-21)39(34,35)31-27-28-16-15-20(2)29-27/h4-17H,18H2,1-3H3,(H,30,33)(H,28,29,31). The summed E-state index contributed by atoms with van der Waals surface area (Å²) in [5.74, 6) is -0.439. The molecule has 1 heterocycles. The van der Waals surface area contributed by atoms with Gasteiger partial charge in [-0.15, -0.1) is 0 Å². The zero-order valence-corrected chi connectivity index (χ0v) is 23.5. The maximum absolute atomic E-state index is 13.6. The summed E-state index contributed by atoms with van der Waals surface area (Å²) in [6, 6.07) is 19.8. The Labute approximate surface area is 233 Å². The number of aromatic nitrogens is 2. The molecule has 2 N–H and O–H groups in total. The Hall–Kier alpha value is -4.49. The number of methoxy groups -OCH3 is 1. The van der Waals surface area contributed by atoms with Gasteiger partial charge in [-0.3, -0.25) is 9.10 Å². The second-order valence-corrected chi connectivity index (χ2v) is 12.2. The van der Waals surface area contributed by atoms with Crippen LogP contribution in [0.1, 0.15) is 11.3 Å². The fourth-order valence-electron chi connectivity index (χ4n) is 3.74. The second-order valence-electron chi connectivity index (χ2n) is 8.70. The van der Waals surface area contributed by atoms with E-state index in [1.54, 1.807) is 56.3 Å². The first-order chi connectivity index (χ1) is 19.0. The number of nitrogens with one attached hydrogen (secondary N) is 2. The topological polar surface area (TPSA) is 148 Å². The van der Waals surface area contributed by atoms with Crippen LogP contribution in [0.4, 0.5) is 17.3 Å². The number of amides is 1. The van der Waals surface area contributed by atoms with Crippen molar-refractivity contribution in [2.45, 2.75) is 23.6 Å². The third-order valence-electron chi connectivity index (χ3n) is 5.69. The number of hydrogen-bond donors (Lipinski definition) is 2. The Morgan fingerprint density at radius 2 is 1.60 bits per heavy atom. The molecular formula is C27H27N5O6S2. The second kappa shape index (κ2) is 11.7. The monoisotopic (exact) mass is 581 g/mol. The molecule has 4 aromatic rings. The van der Waals surface area contributed by atoms with Crippen molar-refractivity contribution in [2.75, 3.05) is 28.0 Å². The van der Waals surface area contributed by atoms with Crippen molar-refractivity contribution < 1.29 is 26.4 Å². The van der Waals surface area contributed by atoms with Crippen LogP contribution in [0.5, 0.6) is 5.75 Å². The maximum atomic E-state index is 13.6. The molecule has 3 aromatic carbocycles. The van der Waals surface area contributed by atoms with Crippen molar-refractivity contribution in [1.82, 2.24) is 9.97 Å². The summed E-state index contributed by atoms with van der Waals surface area (Å²) < 4.78 is 61.4. The molecule has 0 spiro atoms. The van der Waals surface area contributed by atoms with E-state index in [4.69, 9.17) is 4.74 Å². The first-order valence-electron chi connectivity index (χ1n) is 11.9. The van der Waals surface area contributed by atoms with E-state index in [1.807, 2.05) is 0 Å². The van der Waals surface area contributed by atoms with Crippen LogP contribution in [-0.4, -0.2) is 46.4 Å². The minimum absolute atomic E-state index is 0.00556. The van der Waals surface area contributed by atoms with Crippen molar-refractivity contribution in [3.05, 3.63) is 96.3 Å². The molecule has 4 rings (SSSR count). The molecule has 0 bridgehead atoms. The zero-order chi connectivity index (χ0) is 28.9. The number of aryl methyl sites for hydroxylation is 2. The number of benzene rings is 3. The molecule has 0 aliphatic rings. The van der Waals surface area contributed by atoms with Gasteiger partial charge in [-0.2, -0.15) is 0 Å². The van der Waals surface area contributed by atoms with Crippen LogP contribution in [0.2, 0.25) is 0 Å². The Kier molecular flexibility index (Phi) is 8.35. The highest BCUT2D eigenvalue weighted by Crippen LogP contribution is 2.33. The van der Waals surface area contributed by atoms with Gasteiger partial charge in [0.15, 0.2) is 0 Å². The van der Waals surface area contributed by atoms with Gasteiger partial charge in [-0.05, 0) is 74.0 Å². The Morgan fingerprint density at radius 3 is 2.25 bits per heavy atom. The molecule has 1 aromatic heterocycles. The Morgan fingerprint density at radius 1 is 0.900 bits per heavy atom. The summed E-state index contributed by atoms with van der Waals surface area (Å²) >= 11 is 0. The van der Waals surface area contributed by atoms with Gasteiger partial charge in [-0.25, -0.2) is 31.5 Å². The molecule has 11 nitrogen and oxygen atoms in total. The van der Waals surface area contributed by atoms with Gasteiger partial charge in [0.1, 0.15) is 12.3 Å². The average molecular weight is 582 g/mol. The van der Waals surface area contributed by atoms with Crippen LogP contribution >= 0.6 is 0 Å². The highest BCUT2D eigenvalue weighted by molar-refractivity contribution is 7.93. The number of rotatable bonds is 10. The van der Waals surface area contributed by atoms with Crippen molar-refractivity contribution in [3.8, 4) is 5.75 Å². The summed E-state index contributed by atoms with van der Waals surface area (Å²) in [4.78, 5) is 21.0. The van der Waals surface area contributed by atoms with E-state index in [0.29, 0.717) is 5.69 Å². The van der Waals surface area contributed by atoms with Gasteiger partial charge in [0.25, 0.3) is 20.0 Å². The molecule has 208 valence electrons. The molecular weight excluding hydrogens is 554 g/mol. The summed E-state index contributed by atoms with van der Waals surface area (Å²) in [6.07, 6.45) is 1.44. The molecule has 0 unspecified atom stereocenters. The van der Waals surface area contributed by atoms with E-state index >= 15 is 0 Å².